The summed E-state index contributed by atoms with van der Waals surface area (Å²) in [7, 11) is 0. The SMILES string of the molecule is N#CCc1c(-c2ccc(F)cc2)nc2scc(-c3ccc4c(c3)OCO4)n12. The molecule has 5 nitrogen and oxygen atoms in total. The van der Waals surface area contributed by atoms with Gasteiger partial charge in [-0.15, -0.1) is 11.3 Å². The molecule has 27 heavy (non-hydrogen) atoms. The summed E-state index contributed by atoms with van der Waals surface area (Å²) < 4.78 is 26.1. The first-order chi connectivity index (χ1) is 13.2. The first kappa shape index (κ1) is 15.9. The molecule has 0 aliphatic carbocycles. The molecule has 2 aromatic heterocycles. The number of nitriles is 1. The van der Waals surface area contributed by atoms with E-state index in [4.69, 9.17) is 14.5 Å². The molecule has 5 rings (SSSR count). The van der Waals surface area contributed by atoms with Crippen molar-refractivity contribution in [2.75, 3.05) is 6.79 Å². The van der Waals surface area contributed by atoms with Gasteiger partial charge in [0.25, 0.3) is 0 Å². The number of nitrogens with zero attached hydrogens (tertiary/aromatic N) is 3. The number of halogens is 1. The molecule has 0 saturated heterocycles. The summed E-state index contributed by atoms with van der Waals surface area (Å²) in [5.74, 6) is 1.12. The van der Waals surface area contributed by atoms with Crippen LogP contribution in [0, 0.1) is 17.1 Å². The van der Waals surface area contributed by atoms with Crippen molar-refractivity contribution in [3.63, 3.8) is 0 Å². The highest BCUT2D eigenvalue weighted by Crippen LogP contribution is 2.38. The fourth-order valence-corrected chi connectivity index (χ4v) is 4.17. The molecule has 0 atom stereocenters. The minimum atomic E-state index is -0.303. The number of fused-ring (bicyclic) bond motifs is 2. The number of ether oxygens (including phenoxy) is 2. The van der Waals surface area contributed by atoms with Gasteiger partial charge in [-0.1, -0.05) is 0 Å². The number of hydrogen-bond acceptors (Lipinski definition) is 5. The first-order valence-corrected chi connectivity index (χ1v) is 9.14. The molecule has 0 radical (unpaired) electrons. The van der Waals surface area contributed by atoms with Crippen LogP contribution in [0.1, 0.15) is 5.69 Å². The van der Waals surface area contributed by atoms with Crippen molar-refractivity contribution >= 4 is 16.3 Å². The van der Waals surface area contributed by atoms with E-state index in [9.17, 15) is 9.65 Å². The minimum Gasteiger partial charge on any atom is -0.454 e. The van der Waals surface area contributed by atoms with E-state index >= 15 is 0 Å². The van der Waals surface area contributed by atoms with Gasteiger partial charge in [0.05, 0.1) is 29.6 Å². The molecule has 1 aliphatic heterocycles. The monoisotopic (exact) mass is 377 g/mol. The van der Waals surface area contributed by atoms with Gasteiger partial charge in [0.2, 0.25) is 6.79 Å². The van der Waals surface area contributed by atoms with Crippen LogP contribution in [0.5, 0.6) is 11.5 Å². The summed E-state index contributed by atoms with van der Waals surface area (Å²) in [4.78, 5) is 5.49. The predicted octanol–water partition coefficient (Wildman–Crippen LogP) is 4.66. The predicted molar refractivity (Wildman–Crippen MR) is 99.3 cm³/mol. The van der Waals surface area contributed by atoms with E-state index in [0.29, 0.717) is 11.4 Å². The van der Waals surface area contributed by atoms with Crippen molar-refractivity contribution in [3.8, 4) is 40.1 Å². The Balaban J connectivity index is 1.71. The van der Waals surface area contributed by atoms with Crippen LogP contribution < -0.4 is 9.47 Å². The fourth-order valence-electron chi connectivity index (χ4n) is 3.25. The van der Waals surface area contributed by atoms with Gasteiger partial charge in [-0.25, -0.2) is 9.37 Å². The highest BCUT2D eigenvalue weighted by Gasteiger charge is 2.20. The number of hydrogen-bond donors (Lipinski definition) is 0. The molecule has 0 spiro atoms. The van der Waals surface area contributed by atoms with Crippen LogP contribution in [0.25, 0.3) is 27.5 Å². The van der Waals surface area contributed by atoms with Gasteiger partial charge >= 0.3 is 0 Å². The van der Waals surface area contributed by atoms with Gasteiger partial charge in [0, 0.05) is 16.5 Å². The Morgan fingerprint density at radius 3 is 2.70 bits per heavy atom. The molecule has 0 fully saturated rings. The van der Waals surface area contributed by atoms with E-state index in [1.165, 1.54) is 23.5 Å². The quantitative estimate of drug-likeness (QED) is 0.521. The fraction of sp³-hybridized carbons (Fsp3) is 0.100. The second-order valence-electron chi connectivity index (χ2n) is 6.06. The lowest BCUT2D eigenvalue weighted by molar-refractivity contribution is 0.174. The van der Waals surface area contributed by atoms with E-state index in [0.717, 1.165) is 33.2 Å². The minimum absolute atomic E-state index is 0.197. The average Bonchev–Trinajstić information content (AvgIpc) is 3.38. The van der Waals surface area contributed by atoms with E-state index in [-0.39, 0.29) is 19.0 Å². The lowest BCUT2D eigenvalue weighted by Crippen LogP contribution is -1.95. The lowest BCUT2D eigenvalue weighted by atomic mass is 10.1. The molecular formula is C20H12FN3O2S. The molecule has 7 heteroatoms. The topological polar surface area (TPSA) is 59.5 Å². The zero-order valence-electron chi connectivity index (χ0n) is 14.0. The summed E-state index contributed by atoms with van der Waals surface area (Å²) in [6.07, 6.45) is 0.197. The van der Waals surface area contributed by atoms with Crippen LogP contribution in [0.3, 0.4) is 0 Å². The smallest absolute Gasteiger partial charge is 0.231 e. The molecule has 3 heterocycles. The third kappa shape index (κ3) is 2.54. The van der Waals surface area contributed by atoms with Crippen molar-refractivity contribution in [1.29, 1.82) is 5.26 Å². The maximum absolute atomic E-state index is 13.3. The second kappa shape index (κ2) is 6.11. The molecule has 0 N–H and O–H groups in total. The van der Waals surface area contributed by atoms with Crippen LogP contribution in [0.2, 0.25) is 0 Å². The van der Waals surface area contributed by atoms with Crippen molar-refractivity contribution in [3.05, 3.63) is 59.4 Å². The normalized spacial score (nSPS) is 12.4. The van der Waals surface area contributed by atoms with E-state index in [2.05, 4.69) is 6.07 Å². The molecule has 2 aromatic carbocycles. The van der Waals surface area contributed by atoms with Crippen LogP contribution in [-0.2, 0) is 6.42 Å². The molecule has 0 saturated carbocycles. The maximum atomic E-state index is 13.3. The Hall–Kier alpha value is -3.37. The summed E-state index contributed by atoms with van der Waals surface area (Å²) in [6, 6.07) is 14.2. The molecule has 1 aliphatic rings. The Kier molecular flexibility index (Phi) is 3.59. The second-order valence-corrected chi connectivity index (χ2v) is 6.89. The van der Waals surface area contributed by atoms with Crippen LogP contribution in [0.15, 0.2) is 47.8 Å². The van der Waals surface area contributed by atoms with Crippen molar-refractivity contribution in [2.45, 2.75) is 6.42 Å². The van der Waals surface area contributed by atoms with Crippen LogP contribution in [0.4, 0.5) is 4.39 Å². The van der Waals surface area contributed by atoms with Gasteiger partial charge in [-0.2, -0.15) is 5.26 Å². The summed E-state index contributed by atoms with van der Waals surface area (Å²) in [6.45, 7) is 0.220. The average molecular weight is 377 g/mol. The zero-order valence-corrected chi connectivity index (χ0v) is 14.8. The van der Waals surface area contributed by atoms with Crippen LogP contribution >= 0.6 is 11.3 Å². The summed E-state index contributed by atoms with van der Waals surface area (Å²) >= 11 is 1.50. The molecule has 132 valence electrons. The Labute approximate surface area is 157 Å². The molecule has 0 bridgehead atoms. The zero-order chi connectivity index (χ0) is 18.4. The van der Waals surface area contributed by atoms with E-state index in [1.807, 2.05) is 28.0 Å². The Morgan fingerprint density at radius 2 is 1.89 bits per heavy atom. The van der Waals surface area contributed by atoms with Crippen molar-refractivity contribution < 1.29 is 13.9 Å². The number of thiazole rings is 1. The Bertz CT molecular complexity index is 1200. The highest BCUT2D eigenvalue weighted by atomic mass is 32.1. The molecule has 0 unspecified atom stereocenters. The molecule has 4 aromatic rings. The number of imidazole rings is 1. The first-order valence-electron chi connectivity index (χ1n) is 8.26. The standard InChI is InChI=1S/C20H12FN3O2S/c21-14-4-1-12(2-5-14)19-15(7-8-22)24-16(10-27-20(24)23-19)13-3-6-17-18(9-13)26-11-25-17/h1-6,9-10H,7,11H2. The van der Waals surface area contributed by atoms with Gasteiger partial charge in [0.1, 0.15) is 5.82 Å². The number of rotatable bonds is 3. The molecule has 0 amide bonds. The van der Waals surface area contributed by atoms with Crippen molar-refractivity contribution in [2.24, 2.45) is 0 Å². The van der Waals surface area contributed by atoms with Crippen molar-refractivity contribution in [1.82, 2.24) is 9.38 Å². The number of aromatic nitrogens is 2. The Morgan fingerprint density at radius 1 is 1.11 bits per heavy atom. The largest absolute Gasteiger partial charge is 0.454 e. The summed E-state index contributed by atoms with van der Waals surface area (Å²) in [5, 5.41) is 11.4. The lowest BCUT2D eigenvalue weighted by Gasteiger charge is -2.06. The van der Waals surface area contributed by atoms with Crippen LogP contribution in [-0.4, -0.2) is 16.2 Å². The van der Waals surface area contributed by atoms with Gasteiger partial charge in [-0.3, -0.25) is 4.40 Å². The van der Waals surface area contributed by atoms with E-state index < -0.39 is 0 Å². The maximum Gasteiger partial charge on any atom is 0.231 e. The van der Waals surface area contributed by atoms with Gasteiger partial charge < -0.3 is 9.47 Å². The third-order valence-corrected chi connectivity index (χ3v) is 5.32. The van der Waals surface area contributed by atoms with Gasteiger partial charge in [-0.05, 0) is 42.5 Å². The highest BCUT2D eigenvalue weighted by molar-refractivity contribution is 7.15. The molecular weight excluding hydrogens is 365 g/mol. The van der Waals surface area contributed by atoms with Gasteiger partial charge in [0.15, 0.2) is 16.5 Å². The third-order valence-electron chi connectivity index (χ3n) is 4.49. The number of benzene rings is 2. The van der Waals surface area contributed by atoms with E-state index in [1.54, 1.807) is 12.1 Å². The summed E-state index contributed by atoms with van der Waals surface area (Å²) in [5.41, 5.74) is 4.15.